The topological polar surface area (TPSA) is 49.7 Å². The molecule has 0 aliphatic heterocycles. The van der Waals surface area contributed by atoms with Crippen LogP contribution in [0.25, 0.3) is 0 Å². The van der Waals surface area contributed by atoms with Gasteiger partial charge in [0.15, 0.2) is 8.32 Å². The smallest absolute Gasteiger partial charge is 0.423 e. The lowest BCUT2D eigenvalue weighted by atomic mass is 9.74. The van der Waals surface area contributed by atoms with Crippen LogP contribution in [-0.4, -0.2) is 25.5 Å². The molecule has 5 heteroatoms. The first-order valence-corrected chi connectivity index (χ1v) is 9.55. The molecule has 1 aromatic rings. The number of benzene rings is 1. The molecule has 0 aromatic heterocycles. The Balaban J connectivity index is 2.93. The largest absolute Gasteiger partial charge is 0.489 e. The lowest BCUT2D eigenvalue weighted by molar-refractivity contribution is 0.276. The van der Waals surface area contributed by atoms with E-state index in [-0.39, 0.29) is 5.04 Å². The van der Waals surface area contributed by atoms with Gasteiger partial charge < -0.3 is 14.5 Å². The van der Waals surface area contributed by atoms with Gasteiger partial charge in [0.05, 0.1) is 6.61 Å². The van der Waals surface area contributed by atoms with Crippen molar-refractivity contribution < 1.29 is 14.5 Å². The van der Waals surface area contributed by atoms with Crippen LogP contribution in [0.3, 0.4) is 0 Å². The molecule has 0 fully saturated rings. The van der Waals surface area contributed by atoms with Gasteiger partial charge >= 0.3 is 7.12 Å². The minimum absolute atomic E-state index is 0.148. The third-order valence-electron chi connectivity index (χ3n) is 4.07. The lowest BCUT2D eigenvalue weighted by Crippen LogP contribution is -2.42. The monoisotopic (exact) mass is 280 g/mol. The van der Waals surface area contributed by atoms with Crippen LogP contribution in [0, 0.1) is 6.92 Å². The van der Waals surface area contributed by atoms with Crippen molar-refractivity contribution >= 4 is 20.9 Å². The van der Waals surface area contributed by atoms with E-state index < -0.39 is 15.4 Å². The highest BCUT2D eigenvalue weighted by Crippen LogP contribution is 2.36. The number of hydrogen-bond acceptors (Lipinski definition) is 3. The van der Waals surface area contributed by atoms with Crippen molar-refractivity contribution in [3.05, 3.63) is 29.3 Å². The van der Waals surface area contributed by atoms with Gasteiger partial charge in [-0.15, -0.1) is 0 Å². The van der Waals surface area contributed by atoms with E-state index in [9.17, 15) is 10.0 Å². The van der Waals surface area contributed by atoms with Crippen LogP contribution in [-0.2, 0) is 11.0 Å². The minimum atomic E-state index is -1.83. The van der Waals surface area contributed by atoms with Gasteiger partial charge in [-0.2, -0.15) is 0 Å². The zero-order chi connectivity index (χ0) is 14.8. The summed E-state index contributed by atoms with van der Waals surface area (Å²) in [5.41, 5.74) is 2.31. The van der Waals surface area contributed by atoms with Crippen molar-refractivity contribution in [1.29, 1.82) is 0 Å². The Morgan fingerprint density at radius 2 is 1.79 bits per heavy atom. The molecule has 3 nitrogen and oxygen atoms in total. The minimum Gasteiger partial charge on any atom is -0.423 e. The predicted molar refractivity (Wildman–Crippen MR) is 83.0 cm³/mol. The first-order chi connectivity index (χ1) is 8.56. The normalized spacial score (nSPS) is 12.6. The molecule has 106 valence electrons. The van der Waals surface area contributed by atoms with Crippen molar-refractivity contribution in [3.8, 4) is 0 Å². The van der Waals surface area contributed by atoms with Crippen LogP contribution < -0.4 is 5.46 Å². The van der Waals surface area contributed by atoms with Crippen LogP contribution in [0.2, 0.25) is 18.1 Å². The second-order valence-electron chi connectivity index (χ2n) is 6.57. The summed E-state index contributed by atoms with van der Waals surface area (Å²) in [4.78, 5) is 0. The third kappa shape index (κ3) is 3.92. The van der Waals surface area contributed by atoms with Gasteiger partial charge in [-0.3, -0.25) is 0 Å². The van der Waals surface area contributed by atoms with Crippen molar-refractivity contribution in [2.45, 2.75) is 52.4 Å². The number of aryl methyl sites for hydroxylation is 1. The standard InChI is InChI=1S/C14H25BO3Si/c1-11-8-7-9-12(13(11)15(16)17)10-18-19(5,6)14(2,3)4/h7-9,16-17H,10H2,1-6H3. The van der Waals surface area contributed by atoms with Crippen LogP contribution in [0.4, 0.5) is 0 Å². The van der Waals surface area contributed by atoms with Gasteiger partial charge in [0.25, 0.3) is 0 Å². The summed E-state index contributed by atoms with van der Waals surface area (Å²) in [6.45, 7) is 13.3. The van der Waals surface area contributed by atoms with Gasteiger partial charge in [0, 0.05) is 0 Å². The van der Waals surface area contributed by atoms with Gasteiger partial charge in [0.2, 0.25) is 0 Å². The summed E-state index contributed by atoms with van der Waals surface area (Å²) in [7, 11) is -3.27. The molecule has 0 saturated carbocycles. The molecule has 0 radical (unpaired) electrons. The predicted octanol–water partition coefficient (Wildman–Crippen LogP) is 2.20. The molecule has 0 aliphatic carbocycles. The molecular weight excluding hydrogens is 255 g/mol. The van der Waals surface area contributed by atoms with Crippen molar-refractivity contribution in [1.82, 2.24) is 0 Å². The molecule has 0 atom stereocenters. The molecule has 0 aliphatic rings. The first-order valence-electron chi connectivity index (χ1n) is 6.65. The Kier molecular flexibility index (Phi) is 5.01. The summed E-state index contributed by atoms with van der Waals surface area (Å²) in [6, 6.07) is 5.70. The van der Waals surface area contributed by atoms with E-state index in [4.69, 9.17) is 4.43 Å². The quantitative estimate of drug-likeness (QED) is 0.831. The van der Waals surface area contributed by atoms with Crippen molar-refractivity contribution in [2.24, 2.45) is 0 Å². The molecule has 0 unspecified atom stereocenters. The average Bonchev–Trinajstić information content (AvgIpc) is 2.24. The second-order valence-corrected chi connectivity index (χ2v) is 11.4. The van der Waals surface area contributed by atoms with Crippen molar-refractivity contribution in [2.75, 3.05) is 0 Å². The highest BCUT2D eigenvalue weighted by molar-refractivity contribution is 6.74. The fourth-order valence-electron chi connectivity index (χ4n) is 1.71. The van der Waals surface area contributed by atoms with Gasteiger partial charge in [0.1, 0.15) is 0 Å². The molecule has 0 amide bonds. The highest BCUT2D eigenvalue weighted by atomic mass is 28.4. The van der Waals surface area contributed by atoms with Crippen LogP contribution in [0.1, 0.15) is 31.9 Å². The summed E-state index contributed by atoms with van der Waals surface area (Å²) >= 11 is 0. The fourth-order valence-corrected chi connectivity index (χ4v) is 2.66. The maximum Gasteiger partial charge on any atom is 0.489 e. The van der Waals surface area contributed by atoms with E-state index in [1.165, 1.54) is 0 Å². The Morgan fingerprint density at radius 1 is 1.21 bits per heavy atom. The van der Waals surface area contributed by atoms with Crippen LogP contribution in [0.5, 0.6) is 0 Å². The van der Waals surface area contributed by atoms with E-state index in [2.05, 4.69) is 33.9 Å². The molecule has 1 aromatic carbocycles. The Hall–Kier alpha value is -0.618. The van der Waals surface area contributed by atoms with E-state index in [1.54, 1.807) is 0 Å². The summed E-state index contributed by atoms with van der Waals surface area (Å²) in [6.07, 6.45) is 0. The molecule has 0 heterocycles. The summed E-state index contributed by atoms with van der Waals surface area (Å²) in [5, 5.41) is 19.1. The van der Waals surface area contributed by atoms with Gasteiger partial charge in [-0.05, 0) is 36.1 Å². The van der Waals surface area contributed by atoms with Gasteiger partial charge in [-0.1, -0.05) is 44.5 Å². The molecular formula is C14H25BO3Si. The van der Waals surface area contributed by atoms with Crippen LogP contribution in [0.15, 0.2) is 18.2 Å². The second kappa shape index (κ2) is 5.79. The zero-order valence-corrected chi connectivity index (χ0v) is 13.8. The van der Waals surface area contributed by atoms with Gasteiger partial charge in [-0.25, -0.2) is 0 Å². The SMILES string of the molecule is Cc1cccc(CO[Si](C)(C)C(C)(C)C)c1B(O)O. The average molecular weight is 280 g/mol. The number of rotatable bonds is 4. The number of hydrogen-bond donors (Lipinski definition) is 2. The molecule has 0 spiro atoms. The van der Waals surface area contributed by atoms with Crippen molar-refractivity contribution in [3.63, 3.8) is 0 Å². The Labute approximate surface area is 117 Å². The lowest BCUT2D eigenvalue weighted by Gasteiger charge is -2.36. The highest BCUT2D eigenvalue weighted by Gasteiger charge is 2.37. The maximum atomic E-state index is 9.49. The fraction of sp³-hybridized carbons (Fsp3) is 0.571. The third-order valence-corrected chi connectivity index (χ3v) is 8.55. The van der Waals surface area contributed by atoms with E-state index in [0.717, 1.165) is 11.1 Å². The van der Waals surface area contributed by atoms with E-state index >= 15 is 0 Å². The van der Waals surface area contributed by atoms with Crippen LogP contribution >= 0.6 is 0 Å². The molecule has 1 rings (SSSR count). The molecule has 0 bridgehead atoms. The summed E-state index contributed by atoms with van der Waals surface area (Å²) < 4.78 is 6.14. The molecule has 0 saturated heterocycles. The zero-order valence-electron chi connectivity index (χ0n) is 12.8. The Morgan fingerprint density at radius 3 is 2.26 bits per heavy atom. The van der Waals surface area contributed by atoms with E-state index in [1.807, 2.05) is 25.1 Å². The molecule has 19 heavy (non-hydrogen) atoms. The van der Waals surface area contributed by atoms with E-state index in [0.29, 0.717) is 12.1 Å². The maximum absolute atomic E-state index is 9.49. The molecule has 2 N–H and O–H groups in total. The Bertz CT molecular complexity index is 439. The summed E-state index contributed by atoms with van der Waals surface area (Å²) in [5.74, 6) is 0. The first kappa shape index (κ1) is 16.4.